The molecule has 0 atom stereocenters. The first-order chi connectivity index (χ1) is 17.0. The van der Waals surface area contributed by atoms with E-state index in [0.717, 1.165) is 57.9 Å². The number of hydrogen-bond acceptors (Lipinski definition) is 9. The molecular weight excluding hydrogens is 690 g/mol. The normalized spacial score (nSPS) is 10.6. The molecule has 2 aromatic carbocycles. The zero-order valence-electron chi connectivity index (χ0n) is 20.6. The Kier molecular flexibility index (Phi) is 8.81. The molecule has 190 valence electrons. The molecule has 0 unspecified atom stereocenters. The van der Waals surface area contributed by atoms with E-state index in [0.29, 0.717) is 11.4 Å². The monoisotopic (exact) mass is 716 g/mol. The lowest BCUT2D eigenvalue weighted by atomic mass is 10.0. The molecule has 0 bridgehead atoms. The first kappa shape index (κ1) is 27.7. The summed E-state index contributed by atoms with van der Waals surface area (Å²) >= 11 is 4.34. The standard InChI is InChI=1S/C12H12IN3O3.C12H14IN3O/c1-6-11(7(2)19-15-6)8-4-9(13)12(14-3)10(5-8)16(17)18;1-6-11(7(2)17-16-6)8-4-9(13)12(15-3)10(14)5-8/h4-5,14H,1-3H3;4-5,15H,14H2,1-3H3. The Labute approximate surface area is 235 Å². The molecule has 2 heterocycles. The van der Waals surface area contributed by atoms with Crippen molar-refractivity contribution in [3.63, 3.8) is 0 Å². The molecule has 0 spiro atoms. The zero-order valence-corrected chi connectivity index (χ0v) is 24.9. The smallest absolute Gasteiger partial charge is 0.294 e. The highest BCUT2D eigenvalue weighted by Gasteiger charge is 2.21. The largest absolute Gasteiger partial charge is 0.397 e. The number of rotatable bonds is 5. The van der Waals surface area contributed by atoms with Gasteiger partial charge in [-0.15, -0.1) is 0 Å². The number of nitro benzene ring substituents is 1. The minimum absolute atomic E-state index is 0.0457. The molecular formula is C24H26I2N6O4. The van der Waals surface area contributed by atoms with Crippen LogP contribution in [0.4, 0.5) is 22.7 Å². The average Bonchev–Trinajstić information content (AvgIpc) is 3.33. The Hall–Kier alpha value is -2.88. The van der Waals surface area contributed by atoms with Gasteiger partial charge in [-0.05, 0) is 102 Å². The number of nitrogens with two attached hydrogens (primary N) is 1. The van der Waals surface area contributed by atoms with Crippen molar-refractivity contribution in [2.24, 2.45) is 0 Å². The molecule has 4 aromatic rings. The van der Waals surface area contributed by atoms with E-state index >= 15 is 0 Å². The van der Waals surface area contributed by atoms with Crippen LogP contribution in [0.3, 0.4) is 0 Å². The number of benzene rings is 2. The fourth-order valence-corrected chi connectivity index (χ4v) is 5.75. The van der Waals surface area contributed by atoms with Crippen LogP contribution in [0.5, 0.6) is 0 Å². The number of nitrogens with one attached hydrogen (secondary N) is 2. The van der Waals surface area contributed by atoms with Gasteiger partial charge in [-0.3, -0.25) is 10.1 Å². The van der Waals surface area contributed by atoms with Crippen LogP contribution in [0.1, 0.15) is 22.9 Å². The number of nitro groups is 1. The van der Waals surface area contributed by atoms with Crippen molar-refractivity contribution < 1.29 is 14.0 Å². The van der Waals surface area contributed by atoms with Crippen LogP contribution >= 0.6 is 45.2 Å². The maximum Gasteiger partial charge on any atom is 0.294 e. The molecule has 0 saturated heterocycles. The second kappa shape index (κ2) is 11.5. The first-order valence-electron chi connectivity index (χ1n) is 10.8. The van der Waals surface area contributed by atoms with Crippen molar-refractivity contribution in [3.8, 4) is 22.3 Å². The average molecular weight is 716 g/mol. The molecule has 12 heteroatoms. The molecule has 10 nitrogen and oxygen atoms in total. The number of aryl methyl sites for hydroxylation is 4. The summed E-state index contributed by atoms with van der Waals surface area (Å²) < 4.78 is 12.2. The molecule has 0 aliphatic heterocycles. The third kappa shape index (κ3) is 5.58. The number of anilines is 3. The van der Waals surface area contributed by atoms with Gasteiger partial charge >= 0.3 is 0 Å². The van der Waals surface area contributed by atoms with Crippen LogP contribution in [-0.4, -0.2) is 29.3 Å². The number of aromatic nitrogens is 2. The van der Waals surface area contributed by atoms with Gasteiger partial charge in [0.2, 0.25) is 0 Å². The summed E-state index contributed by atoms with van der Waals surface area (Å²) in [6.07, 6.45) is 0. The van der Waals surface area contributed by atoms with E-state index < -0.39 is 4.92 Å². The van der Waals surface area contributed by atoms with E-state index in [1.807, 2.05) is 40.0 Å². The van der Waals surface area contributed by atoms with Crippen molar-refractivity contribution in [1.29, 1.82) is 0 Å². The Bertz CT molecular complexity index is 1370. The number of halogens is 2. The van der Waals surface area contributed by atoms with Crippen LogP contribution < -0.4 is 16.4 Å². The van der Waals surface area contributed by atoms with Gasteiger partial charge in [0.05, 0.1) is 27.7 Å². The Morgan fingerprint density at radius 2 is 1.28 bits per heavy atom. The molecule has 0 amide bonds. The first-order valence-corrected chi connectivity index (χ1v) is 12.9. The zero-order chi connectivity index (χ0) is 26.7. The highest BCUT2D eigenvalue weighted by atomic mass is 127. The van der Waals surface area contributed by atoms with E-state index in [1.165, 1.54) is 0 Å². The molecule has 4 rings (SSSR count). The SMILES string of the molecule is CNc1c(I)cc(-c2c(C)noc2C)cc1[N+](=O)[O-].CNc1c(N)cc(-c2c(C)noc2C)cc1I. The second-order valence-electron chi connectivity index (χ2n) is 7.93. The lowest BCUT2D eigenvalue weighted by Crippen LogP contribution is -2.00. The highest BCUT2D eigenvalue weighted by Crippen LogP contribution is 2.37. The Balaban J connectivity index is 0.000000202. The molecule has 36 heavy (non-hydrogen) atoms. The van der Waals surface area contributed by atoms with Crippen LogP contribution in [0.2, 0.25) is 0 Å². The Morgan fingerprint density at radius 3 is 1.64 bits per heavy atom. The van der Waals surface area contributed by atoms with Crippen LogP contribution in [0, 0.1) is 44.9 Å². The fraction of sp³-hybridized carbons (Fsp3) is 0.250. The Morgan fingerprint density at radius 1 is 0.833 bits per heavy atom. The van der Waals surface area contributed by atoms with Gasteiger partial charge in [-0.1, -0.05) is 10.3 Å². The third-order valence-electron chi connectivity index (χ3n) is 5.53. The van der Waals surface area contributed by atoms with Gasteiger partial charge in [-0.2, -0.15) is 0 Å². The lowest BCUT2D eigenvalue weighted by molar-refractivity contribution is -0.383. The summed E-state index contributed by atoms with van der Waals surface area (Å²) in [4.78, 5) is 10.8. The quantitative estimate of drug-likeness (QED) is 0.0890. The molecule has 0 aliphatic rings. The highest BCUT2D eigenvalue weighted by molar-refractivity contribution is 14.1. The lowest BCUT2D eigenvalue weighted by Gasteiger charge is -2.10. The van der Waals surface area contributed by atoms with E-state index in [1.54, 1.807) is 20.0 Å². The van der Waals surface area contributed by atoms with Gasteiger partial charge in [-0.25, -0.2) is 0 Å². The summed E-state index contributed by atoms with van der Waals surface area (Å²) in [7, 11) is 3.53. The van der Waals surface area contributed by atoms with Crippen molar-refractivity contribution in [1.82, 2.24) is 10.3 Å². The van der Waals surface area contributed by atoms with Gasteiger partial charge in [0, 0.05) is 38.4 Å². The van der Waals surface area contributed by atoms with Gasteiger partial charge < -0.3 is 25.4 Å². The van der Waals surface area contributed by atoms with Gasteiger partial charge in [0.15, 0.2) is 0 Å². The number of nitrogens with zero attached hydrogens (tertiary/aromatic N) is 3. The molecule has 0 aliphatic carbocycles. The third-order valence-corrected chi connectivity index (χ3v) is 7.23. The van der Waals surface area contributed by atoms with Gasteiger partial charge in [0.25, 0.3) is 5.69 Å². The second-order valence-corrected chi connectivity index (χ2v) is 10.3. The van der Waals surface area contributed by atoms with Crippen LogP contribution in [-0.2, 0) is 0 Å². The number of hydrogen-bond donors (Lipinski definition) is 3. The summed E-state index contributed by atoms with van der Waals surface area (Å²) in [6, 6.07) is 7.45. The van der Waals surface area contributed by atoms with E-state index in [2.05, 4.69) is 72.2 Å². The fourth-order valence-electron chi connectivity index (χ4n) is 3.95. The predicted molar refractivity (Wildman–Crippen MR) is 158 cm³/mol. The maximum absolute atomic E-state index is 11.1. The van der Waals surface area contributed by atoms with Crippen molar-refractivity contribution in [3.05, 3.63) is 64.4 Å². The minimum Gasteiger partial charge on any atom is -0.397 e. The topological polar surface area (TPSA) is 145 Å². The van der Waals surface area contributed by atoms with Crippen molar-refractivity contribution in [2.75, 3.05) is 30.5 Å². The molecule has 2 aromatic heterocycles. The summed E-state index contributed by atoms with van der Waals surface area (Å²) in [5, 5.41) is 24.9. The maximum atomic E-state index is 11.1. The molecule has 4 N–H and O–H groups in total. The van der Waals surface area contributed by atoms with Gasteiger partial charge in [0.1, 0.15) is 17.2 Å². The van der Waals surface area contributed by atoms with E-state index in [-0.39, 0.29) is 5.69 Å². The summed E-state index contributed by atoms with van der Waals surface area (Å²) in [5.41, 5.74) is 13.5. The van der Waals surface area contributed by atoms with Crippen LogP contribution in [0.15, 0.2) is 33.3 Å². The predicted octanol–water partition coefficient (Wildman–Crippen LogP) is 6.70. The van der Waals surface area contributed by atoms with E-state index in [9.17, 15) is 10.1 Å². The molecule has 0 saturated carbocycles. The van der Waals surface area contributed by atoms with Crippen molar-refractivity contribution >= 4 is 67.9 Å². The number of nitrogen functional groups attached to an aromatic ring is 1. The van der Waals surface area contributed by atoms with Crippen LogP contribution in [0.25, 0.3) is 22.3 Å². The summed E-state index contributed by atoms with van der Waals surface area (Å²) in [6.45, 7) is 7.45. The minimum atomic E-state index is -0.393. The molecule has 0 radical (unpaired) electrons. The van der Waals surface area contributed by atoms with E-state index in [4.69, 9.17) is 14.8 Å². The van der Waals surface area contributed by atoms with Crippen molar-refractivity contribution in [2.45, 2.75) is 27.7 Å². The molecule has 0 fully saturated rings. The summed E-state index contributed by atoms with van der Waals surface area (Å²) in [5.74, 6) is 1.47.